The largest absolute Gasteiger partial charge is 0.453 e. The van der Waals surface area contributed by atoms with Gasteiger partial charge in [-0.2, -0.15) is 0 Å². The topological polar surface area (TPSA) is 125 Å². The van der Waals surface area contributed by atoms with E-state index in [1.165, 1.54) is 6.92 Å². The highest BCUT2D eigenvalue weighted by Gasteiger charge is 2.38. The maximum absolute atomic E-state index is 12.4. The van der Waals surface area contributed by atoms with E-state index in [-0.39, 0.29) is 37.2 Å². The molecule has 1 aromatic heterocycles. The fourth-order valence-corrected chi connectivity index (χ4v) is 6.33. The molecule has 5 rings (SSSR count). The molecule has 10 nitrogen and oxygen atoms in total. The molecule has 0 radical (unpaired) electrons. The molecule has 1 saturated heterocycles. The first-order chi connectivity index (χ1) is 21.7. The number of aromatic nitrogens is 3. The average Bonchev–Trinajstić information content (AvgIpc) is 3.47. The molecule has 1 aliphatic heterocycles. The number of carbonyl (C=O) groups excluding carboxylic acids is 2. The van der Waals surface area contributed by atoms with E-state index in [1.807, 2.05) is 84.4 Å². The second-order valence-corrected chi connectivity index (χ2v) is 12.1. The molecule has 45 heavy (non-hydrogen) atoms. The van der Waals surface area contributed by atoms with Gasteiger partial charge in [0.05, 0.1) is 18.8 Å². The minimum Gasteiger partial charge on any atom is -0.453 e. The van der Waals surface area contributed by atoms with Gasteiger partial charge in [0.1, 0.15) is 6.33 Å². The first kappa shape index (κ1) is 32.4. The number of benzene rings is 3. The zero-order valence-electron chi connectivity index (χ0n) is 25.8. The van der Waals surface area contributed by atoms with Gasteiger partial charge in [0.15, 0.2) is 17.6 Å². The smallest absolute Gasteiger partial charge is 0.303 e. The zero-order chi connectivity index (χ0) is 31.9. The van der Waals surface area contributed by atoms with Crippen LogP contribution in [0.15, 0.2) is 84.3 Å². The molecular formula is C34H38N4O6S. The number of hydrogen-bond acceptors (Lipinski definition) is 9. The number of nitrogens with zero attached hydrogens (tertiary/aromatic N) is 3. The number of ether oxygens (including phenoxy) is 3. The molecule has 0 spiro atoms. The van der Waals surface area contributed by atoms with Gasteiger partial charge in [-0.15, -0.1) is 10.2 Å². The molecule has 4 aromatic rings. The van der Waals surface area contributed by atoms with Crippen LogP contribution < -0.4 is 5.32 Å². The second kappa shape index (κ2) is 14.8. The Balaban J connectivity index is 1.34. The molecule has 1 amide bonds. The lowest BCUT2D eigenvalue weighted by Crippen LogP contribution is -2.38. The van der Waals surface area contributed by atoms with Crippen molar-refractivity contribution in [1.29, 1.82) is 0 Å². The van der Waals surface area contributed by atoms with Crippen molar-refractivity contribution in [1.82, 2.24) is 20.1 Å². The Morgan fingerprint density at radius 2 is 1.76 bits per heavy atom. The molecule has 2 heterocycles. The standard InChI is InChI=1S/C34H38N4O6S/c1-21-30(19-45-34-37-36-20-38(34)4)43-33(44-31(21)26-11-9-24(18-39)10-12-26)27-15-13-25(14-16-27)29-8-6-5-7-28(29)17-35-32(41)22(2)42-23(3)40/h5-16,20-22,30-31,33,39H,17-19H2,1-4H3,(H,35,41)/t21-,22-,30+,31+,33+/m0/s1. The van der Waals surface area contributed by atoms with Gasteiger partial charge in [-0.1, -0.05) is 91.5 Å². The summed E-state index contributed by atoms with van der Waals surface area (Å²) in [5, 5.41) is 21.4. The fourth-order valence-electron chi connectivity index (χ4n) is 5.27. The predicted molar refractivity (Wildman–Crippen MR) is 170 cm³/mol. The van der Waals surface area contributed by atoms with Crippen molar-refractivity contribution in [2.45, 2.75) is 63.7 Å². The number of aliphatic hydroxyl groups is 1. The summed E-state index contributed by atoms with van der Waals surface area (Å²) in [6.07, 6.45) is -0.139. The third-order valence-electron chi connectivity index (χ3n) is 7.85. The molecule has 1 aliphatic rings. The van der Waals surface area contributed by atoms with E-state index >= 15 is 0 Å². The Morgan fingerprint density at radius 1 is 1.04 bits per heavy atom. The summed E-state index contributed by atoms with van der Waals surface area (Å²) in [7, 11) is 1.92. The third kappa shape index (κ3) is 7.98. The number of aryl methyl sites for hydroxylation is 1. The van der Waals surface area contributed by atoms with Gasteiger partial charge in [0.2, 0.25) is 0 Å². The minimum absolute atomic E-state index is 0.0146. The molecule has 11 heteroatoms. The van der Waals surface area contributed by atoms with Crippen LogP contribution >= 0.6 is 11.8 Å². The number of thioether (sulfide) groups is 1. The summed E-state index contributed by atoms with van der Waals surface area (Å²) in [5.74, 6) is -0.137. The van der Waals surface area contributed by atoms with Crippen LogP contribution in [0.3, 0.4) is 0 Å². The zero-order valence-corrected chi connectivity index (χ0v) is 26.6. The van der Waals surface area contributed by atoms with Gasteiger partial charge in [-0.3, -0.25) is 9.59 Å². The lowest BCUT2D eigenvalue weighted by Gasteiger charge is -2.41. The van der Waals surface area contributed by atoms with Crippen LogP contribution in [-0.2, 0) is 44.0 Å². The van der Waals surface area contributed by atoms with Crippen LogP contribution in [-0.4, -0.2) is 49.7 Å². The first-order valence-electron chi connectivity index (χ1n) is 14.8. The Hall–Kier alpha value is -4.03. The maximum Gasteiger partial charge on any atom is 0.303 e. The van der Waals surface area contributed by atoms with E-state index in [4.69, 9.17) is 14.2 Å². The number of nitrogens with one attached hydrogen (secondary N) is 1. The number of hydrogen-bond donors (Lipinski definition) is 2. The van der Waals surface area contributed by atoms with E-state index in [1.54, 1.807) is 25.0 Å². The summed E-state index contributed by atoms with van der Waals surface area (Å²) >= 11 is 1.60. The summed E-state index contributed by atoms with van der Waals surface area (Å²) in [6, 6.07) is 23.8. The SMILES string of the molecule is CC(=O)O[C@@H](C)C(=O)NCc1ccccc1-c1ccc([C@@H]2O[C@H](CSc3nncn3C)[C@H](C)[C@H](c3ccc(CO)cc3)O2)cc1. The van der Waals surface area contributed by atoms with Crippen molar-refractivity contribution in [3.8, 4) is 11.1 Å². The maximum atomic E-state index is 12.4. The Labute approximate surface area is 267 Å². The van der Waals surface area contributed by atoms with Crippen LogP contribution in [0.5, 0.6) is 0 Å². The minimum atomic E-state index is -0.869. The number of amides is 1. The van der Waals surface area contributed by atoms with Crippen LogP contribution in [0.25, 0.3) is 11.1 Å². The van der Waals surface area contributed by atoms with Crippen LogP contribution in [0.1, 0.15) is 55.4 Å². The van der Waals surface area contributed by atoms with Crippen molar-refractivity contribution in [2.24, 2.45) is 13.0 Å². The third-order valence-corrected chi connectivity index (χ3v) is 8.97. The lowest BCUT2D eigenvalue weighted by molar-refractivity contribution is -0.268. The molecule has 2 N–H and O–H groups in total. The highest BCUT2D eigenvalue weighted by atomic mass is 32.2. The molecular weight excluding hydrogens is 592 g/mol. The quantitative estimate of drug-likeness (QED) is 0.172. The van der Waals surface area contributed by atoms with E-state index in [9.17, 15) is 14.7 Å². The summed E-state index contributed by atoms with van der Waals surface area (Å²) < 4.78 is 20.1. The summed E-state index contributed by atoms with van der Waals surface area (Å²) in [6.45, 7) is 5.23. The van der Waals surface area contributed by atoms with Crippen molar-refractivity contribution >= 4 is 23.6 Å². The molecule has 3 aromatic carbocycles. The number of carbonyl (C=O) groups is 2. The van der Waals surface area contributed by atoms with Crippen molar-refractivity contribution in [2.75, 3.05) is 5.75 Å². The summed E-state index contributed by atoms with van der Waals surface area (Å²) in [5.41, 5.74) is 5.64. The second-order valence-electron chi connectivity index (χ2n) is 11.1. The molecule has 0 aliphatic carbocycles. The van der Waals surface area contributed by atoms with E-state index < -0.39 is 18.4 Å². The first-order valence-corrected chi connectivity index (χ1v) is 15.8. The van der Waals surface area contributed by atoms with Gasteiger partial charge in [-0.25, -0.2) is 0 Å². The molecule has 1 fully saturated rings. The number of esters is 1. The van der Waals surface area contributed by atoms with E-state index in [0.29, 0.717) is 5.75 Å². The monoisotopic (exact) mass is 630 g/mol. The highest BCUT2D eigenvalue weighted by Crippen LogP contribution is 2.43. The van der Waals surface area contributed by atoms with Crippen molar-refractivity contribution in [3.05, 3.63) is 101 Å². The van der Waals surface area contributed by atoms with Crippen LogP contribution in [0.2, 0.25) is 0 Å². The number of aliphatic hydroxyl groups excluding tert-OH is 1. The van der Waals surface area contributed by atoms with Crippen molar-refractivity contribution in [3.63, 3.8) is 0 Å². The Kier molecular flexibility index (Phi) is 10.7. The van der Waals surface area contributed by atoms with Crippen LogP contribution in [0, 0.1) is 5.92 Å². The van der Waals surface area contributed by atoms with Gasteiger partial charge in [-0.05, 0) is 34.7 Å². The van der Waals surface area contributed by atoms with Crippen LogP contribution in [0.4, 0.5) is 0 Å². The molecule has 236 valence electrons. The number of rotatable bonds is 11. The van der Waals surface area contributed by atoms with Gasteiger partial charge in [0.25, 0.3) is 5.91 Å². The predicted octanol–water partition coefficient (Wildman–Crippen LogP) is 5.13. The molecule has 5 atom stereocenters. The van der Waals surface area contributed by atoms with E-state index in [0.717, 1.165) is 38.5 Å². The Bertz CT molecular complexity index is 1590. The van der Waals surface area contributed by atoms with Gasteiger partial charge in [0, 0.05) is 37.8 Å². The van der Waals surface area contributed by atoms with Crippen molar-refractivity contribution < 1.29 is 28.9 Å². The lowest BCUT2D eigenvalue weighted by atomic mass is 9.91. The highest BCUT2D eigenvalue weighted by molar-refractivity contribution is 7.99. The normalized spacial score (nSPS) is 20.4. The van der Waals surface area contributed by atoms with Gasteiger partial charge >= 0.3 is 5.97 Å². The Morgan fingerprint density at radius 3 is 2.42 bits per heavy atom. The fraction of sp³-hybridized carbons (Fsp3) is 0.353. The van der Waals surface area contributed by atoms with Gasteiger partial charge < -0.3 is 29.2 Å². The average molecular weight is 631 g/mol. The molecule has 0 saturated carbocycles. The van der Waals surface area contributed by atoms with E-state index in [2.05, 4.69) is 22.4 Å². The molecule has 0 unspecified atom stereocenters. The molecule has 0 bridgehead atoms. The summed E-state index contributed by atoms with van der Waals surface area (Å²) in [4.78, 5) is 23.6.